The summed E-state index contributed by atoms with van der Waals surface area (Å²) < 4.78 is 0. The molecule has 20 heavy (non-hydrogen) atoms. The summed E-state index contributed by atoms with van der Waals surface area (Å²) in [4.78, 5) is 24.5. The molecule has 0 bridgehead atoms. The molecule has 0 heterocycles. The standard InChI is InChI=1S/C15H21NO3S/c1-4-15(5-2,14(18)19)10-13(17)16-11-8-6-7-9-12(11)20-3/h6-9H,4-5,10H2,1-3H3,(H,16,17)(H,18,19). The largest absolute Gasteiger partial charge is 0.481 e. The Labute approximate surface area is 124 Å². The van der Waals surface area contributed by atoms with E-state index in [-0.39, 0.29) is 12.3 Å². The summed E-state index contributed by atoms with van der Waals surface area (Å²) >= 11 is 1.54. The molecule has 0 atom stereocenters. The molecule has 110 valence electrons. The van der Waals surface area contributed by atoms with Crippen molar-refractivity contribution in [1.29, 1.82) is 0 Å². The van der Waals surface area contributed by atoms with E-state index in [2.05, 4.69) is 5.32 Å². The van der Waals surface area contributed by atoms with E-state index in [0.717, 1.165) is 10.6 Å². The number of thioether (sulfide) groups is 1. The number of nitrogens with one attached hydrogen (secondary N) is 1. The maximum Gasteiger partial charge on any atom is 0.310 e. The normalized spacial score (nSPS) is 11.2. The van der Waals surface area contributed by atoms with Crippen LogP contribution in [0, 0.1) is 5.41 Å². The average molecular weight is 295 g/mol. The van der Waals surface area contributed by atoms with Crippen LogP contribution in [0.4, 0.5) is 5.69 Å². The molecule has 0 aliphatic heterocycles. The minimum Gasteiger partial charge on any atom is -0.481 e. The first kappa shape index (κ1) is 16.6. The van der Waals surface area contributed by atoms with E-state index < -0.39 is 11.4 Å². The van der Waals surface area contributed by atoms with Gasteiger partial charge >= 0.3 is 5.97 Å². The van der Waals surface area contributed by atoms with E-state index in [1.165, 1.54) is 0 Å². The number of carboxylic acid groups (broad SMARTS) is 1. The predicted molar refractivity (Wildman–Crippen MR) is 82.1 cm³/mol. The second kappa shape index (κ2) is 7.33. The topological polar surface area (TPSA) is 66.4 Å². The van der Waals surface area contributed by atoms with Crippen molar-refractivity contribution in [2.24, 2.45) is 5.41 Å². The number of benzene rings is 1. The van der Waals surface area contributed by atoms with Crippen molar-refractivity contribution in [3.63, 3.8) is 0 Å². The van der Waals surface area contributed by atoms with Crippen molar-refractivity contribution in [3.05, 3.63) is 24.3 Å². The summed E-state index contributed by atoms with van der Waals surface area (Å²) in [6.07, 6.45) is 2.82. The van der Waals surface area contributed by atoms with E-state index in [1.807, 2.05) is 30.5 Å². The lowest BCUT2D eigenvalue weighted by Gasteiger charge is -2.26. The lowest BCUT2D eigenvalue weighted by Crippen LogP contribution is -2.34. The molecule has 0 aromatic heterocycles. The molecule has 0 saturated carbocycles. The monoisotopic (exact) mass is 295 g/mol. The third-order valence-electron chi connectivity index (χ3n) is 3.69. The van der Waals surface area contributed by atoms with Crippen LogP contribution < -0.4 is 5.32 Å². The Morgan fingerprint density at radius 3 is 2.35 bits per heavy atom. The molecule has 0 radical (unpaired) electrons. The molecule has 1 rings (SSSR count). The second-order valence-electron chi connectivity index (χ2n) is 4.72. The van der Waals surface area contributed by atoms with Crippen LogP contribution in [-0.2, 0) is 9.59 Å². The average Bonchev–Trinajstić information content (AvgIpc) is 2.45. The SMILES string of the molecule is CCC(CC)(CC(=O)Nc1ccccc1SC)C(=O)O. The number of hydrogen-bond donors (Lipinski definition) is 2. The van der Waals surface area contributed by atoms with Gasteiger partial charge in [-0.2, -0.15) is 0 Å². The Balaban J connectivity index is 2.84. The number of para-hydroxylation sites is 1. The van der Waals surface area contributed by atoms with Gasteiger partial charge in [0.05, 0.1) is 11.1 Å². The smallest absolute Gasteiger partial charge is 0.310 e. The van der Waals surface area contributed by atoms with Crippen molar-refractivity contribution in [2.45, 2.75) is 38.0 Å². The van der Waals surface area contributed by atoms with E-state index >= 15 is 0 Å². The van der Waals surface area contributed by atoms with E-state index in [4.69, 9.17) is 0 Å². The first-order valence-electron chi connectivity index (χ1n) is 6.65. The molecule has 0 saturated heterocycles. The molecular formula is C15H21NO3S. The van der Waals surface area contributed by atoms with Crippen LogP contribution in [0.1, 0.15) is 33.1 Å². The number of amides is 1. The number of carbonyl (C=O) groups is 2. The molecule has 5 heteroatoms. The minimum absolute atomic E-state index is 0.00194. The Morgan fingerprint density at radius 1 is 1.25 bits per heavy atom. The zero-order valence-electron chi connectivity index (χ0n) is 12.1. The van der Waals surface area contributed by atoms with Crippen molar-refractivity contribution in [2.75, 3.05) is 11.6 Å². The zero-order chi connectivity index (χ0) is 15.2. The number of rotatable bonds is 7. The fourth-order valence-corrected chi connectivity index (χ4v) is 2.68. The van der Waals surface area contributed by atoms with Gasteiger partial charge in [-0.15, -0.1) is 11.8 Å². The molecule has 0 spiro atoms. The maximum atomic E-state index is 12.1. The van der Waals surface area contributed by atoms with Crippen molar-refractivity contribution in [3.8, 4) is 0 Å². The first-order chi connectivity index (χ1) is 9.49. The van der Waals surface area contributed by atoms with Crippen molar-refractivity contribution >= 4 is 29.3 Å². The van der Waals surface area contributed by atoms with Gasteiger partial charge in [-0.3, -0.25) is 9.59 Å². The predicted octanol–water partition coefficient (Wildman–Crippen LogP) is 3.63. The zero-order valence-corrected chi connectivity index (χ0v) is 12.9. The van der Waals surface area contributed by atoms with Crippen LogP contribution in [0.5, 0.6) is 0 Å². The van der Waals surface area contributed by atoms with Gasteiger partial charge in [-0.1, -0.05) is 26.0 Å². The number of anilines is 1. The highest BCUT2D eigenvalue weighted by Crippen LogP contribution is 2.32. The molecule has 0 unspecified atom stereocenters. The lowest BCUT2D eigenvalue weighted by atomic mass is 9.79. The van der Waals surface area contributed by atoms with Crippen LogP contribution in [0.3, 0.4) is 0 Å². The summed E-state index contributed by atoms with van der Waals surface area (Å²) in [5.41, 5.74) is -0.241. The second-order valence-corrected chi connectivity index (χ2v) is 5.57. The van der Waals surface area contributed by atoms with Gasteiger partial charge in [-0.25, -0.2) is 0 Å². The minimum atomic E-state index is -0.974. The van der Waals surface area contributed by atoms with Gasteiger partial charge in [0.25, 0.3) is 0 Å². The summed E-state index contributed by atoms with van der Waals surface area (Å²) in [7, 11) is 0. The van der Waals surface area contributed by atoms with Crippen molar-refractivity contribution in [1.82, 2.24) is 0 Å². The van der Waals surface area contributed by atoms with Gasteiger partial charge in [0.2, 0.25) is 5.91 Å². The van der Waals surface area contributed by atoms with Gasteiger partial charge in [0.1, 0.15) is 0 Å². The summed E-state index contributed by atoms with van der Waals surface area (Å²) in [6, 6.07) is 7.50. The Kier molecular flexibility index (Phi) is 6.07. The van der Waals surface area contributed by atoms with Crippen LogP contribution in [-0.4, -0.2) is 23.2 Å². The molecule has 1 amide bonds. The van der Waals surface area contributed by atoms with Gasteiger partial charge in [-0.05, 0) is 31.2 Å². The van der Waals surface area contributed by atoms with Gasteiger partial charge < -0.3 is 10.4 Å². The Hall–Kier alpha value is -1.49. The highest BCUT2D eigenvalue weighted by atomic mass is 32.2. The van der Waals surface area contributed by atoms with Crippen LogP contribution in [0.25, 0.3) is 0 Å². The van der Waals surface area contributed by atoms with E-state index in [9.17, 15) is 14.7 Å². The third-order valence-corrected chi connectivity index (χ3v) is 4.48. The molecule has 1 aromatic carbocycles. The molecule has 0 aliphatic rings. The quantitative estimate of drug-likeness (QED) is 0.754. The Morgan fingerprint density at radius 2 is 1.85 bits per heavy atom. The first-order valence-corrected chi connectivity index (χ1v) is 7.87. The lowest BCUT2D eigenvalue weighted by molar-refractivity contribution is -0.151. The molecular weight excluding hydrogens is 274 g/mol. The van der Waals surface area contributed by atoms with Gasteiger partial charge in [0, 0.05) is 11.3 Å². The Bertz CT molecular complexity index is 484. The molecule has 2 N–H and O–H groups in total. The highest BCUT2D eigenvalue weighted by molar-refractivity contribution is 7.98. The summed E-state index contributed by atoms with van der Waals surface area (Å²) in [6.45, 7) is 3.61. The van der Waals surface area contributed by atoms with E-state index in [0.29, 0.717) is 12.8 Å². The number of carbonyl (C=O) groups excluding carboxylic acids is 1. The van der Waals surface area contributed by atoms with E-state index in [1.54, 1.807) is 25.6 Å². The molecule has 1 aromatic rings. The molecule has 0 fully saturated rings. The van der Waals surface area contributed by atoms with Crippen LogP contribution >= 0.6 is 11.8 Å². The van der Waals surface area contributed by atoms with Crippen LogP contribution in [0.15, 0.2) is 29.2 Å². The summed E-state index contributed by atoms with van der Waals surface area (Å²) in [5, 5.41) is 12.2. The fraction of sp³-hybridized carbons (Fsp3) is 0.467. The maximum absolute atomic E-state index is 12.1. The third kappa shape index (κ3) is 3.76. The molecule has 0 aliphatic carbocycles. The number of aliphatic carboxylic acids is 1. The van der Waals surface area contributed by atoms with Crippen molar-refractivity contribution < 1.29 is 14.7 Å². The number of hydrogen-bond acceptors (Lipinski definition) is 3. The highest BCUT2D eigenvalue weighted by Gasteiger charge is 2.37. The molecule has 4 nitrogen and oxygen atoms in total. The number of carboxylic acids is 1. The fourth-order valence-electron chi connectivity index (χ4n) is 2.13. The summed E-state index contributed by atoms with van der Waals surface area (Å²) in [5.74, 6) is -1.16. The van der Waals surface area contributed by atoms with Gasteiger partial charge in [0.15, 0.2) is 0 Å². The van der Waals surface area contributed by atoms with Crippen LogP contribution in [0.2, 0.25) is 0 Å².